The van der Waals surface area contributed by atoms with E-state index in [0.717, 1.165) is 11.1 Å². The number of rotatable bonds is 3. The van der Waals surface area contributed by atoms with Gasteiger partial charge in [0, 0.05) is 29.7 Å². The largest absolute Gasteiger partial charge is 0.290 e. The van der Waals surface area contributed by atoms with Gasteiger partial charge in [-0.1, -0.05) is 18.2 Å². The number of aromatic nitrogens is 1. The van der Waals surface area contributed by atoms with Crippen LogP contribution in [-0.4, -0.2) is 10.5 Å². The van der Waals surface area contributed by atoms with Gasteiger partial charge in [-0.05, 0) is 23.3 Å². The number of hydrogen-bond donors (Lipinski definition) is 0. The highest BCUT2D eigenvalue weighted by molar-refractivity contribution is 6.18. The van der Waals surface area contributed by atoms with Crippen LogP contribution in [-0.2, 0) is 11.8 Å². The van der Waals surface area contributed by atoms with Gasteiger partial charge in [0.2, 0.25) is 0 Å². The van der Waals surface area contributed by atoms with Gasteiger partial charge in [-0.15, -0.1) is 23.2 Å². The fraction of sp³-hybridized carbons (Fsp3) is 0.154. The molecule has 0 saturated carbocycles. The molecule has 0 aliphatic heterocycles. The molecule has 4 heteroatoms. The van der Waals surface area contributed by atoms with Gasteiger partial charge in [0.25, 0.3) is 5.91 Å². The summed E-state index contributed by atoms with van der Waals surface area (Å²) in [4.78, 5) is 12.1. The van der Waals surface area contributed by atoms with Gasteiger partial charge in [0.15, 0.2) is 0 Å². The Labute approximate surface area is 110 Å². The van der Waals surface area contributed by atoms with Gasteiger partial charge >= 0.3 is 0 Å². The summed E-state index contributed by atoms with van der Waals surface area (Å²) in [6.07, 6.45) is 3.47. The van der Waals surface area contributed by atoms with E-state index >= 15 is 0 Å². The van der Waals surface area contributed by atoms with Gasteiger partial charge in [0.1, 0.15) is 0 Å². The zero-order valence-electron chi connectivity index (χ0n) is 9.07. The molecular formula is C13H11Cl2NO. The first-order valence-corrected chi connectivity index (χ1v) is 6.24. The van der Waals surface area contributed by atoms with Crippen molar-refractivity contribution in [2.24, 2.45) is 0 Å². The number of hydrogen-bond acceptors (Lipinski definition) is 1. The van der Waals surface area contributed by atoms with E-state index in [9.17, 15) is 4.79 Å². The number of benzene rings is 1. The monoisotopic (exact) mass is 267 g/mol. The smallest absolute Gasteiger partial charge is 0.261 e. The maximum absolute atomic E-state index is 12.1. The highest BCUT2D eigenvalue weighted by Crippen LogP contribution is 2.17. The minimum Gasteiger partial charge on any atom is -0.290 e. The third-order valence-corrected chi connectivity index (χ3v) is 3.12. The van der Waals surface area contributed by atoms with Crippen molar-refractivity contribution in [3.05, 3.63) is 59.4 Å². The van der Waals surface area contributed by atoms with Crippen molar-refractivity contribution in [1.82, 2.24) is 4.57 Å². The Balaban J connectivity index is 2.35. The second-order valence-corrected chi connectivity index (χ2v) is 4.19. The summed E-state index contributed by atoms with van der Waals surface area (Å²) in [6, 6.07) is 9.11. The number of alkyl halides is 2. The second kappa shape index (κ2) is 5.39. The summed E-state index contributed by atoms with van der Waals surface area (Å²) in [6.45, 7) is 0. The maximum Gasteiger partial charge on any atom is 0.261 e. The lowest BCUT2D eigenvalue weighted by atomic mass is 10.2. The predicted octanol–water partition coefficient (Wildman–Crippen LogP) is 3.65. The van der Waals surface area contributed by atoms with E-state index in [0.29, 0.717) is 17.3 Å². The van der Waals surface area contributed by atoms with Crippen LogP contribution in [0, 0.1) is 0 Å². The summed E-state index contributed by atoms with van der Waals surface area (Å²) >= 11 is 11.6. The van der Waals surface area contributed by atoms with Crippen LogP contribution in [0.4, 0.5) is 0 Å². The fourth-order valence-electron chi connectivity index (χ4n) is 1.63. The lowest BCUT2D eigenvalue weighted by Crippen LogP contribution is -2.09. The van der Waals surface area contributed by atoms with E-state index in [4.69, 9.17) is 23.2 Å². The van der Waals surface area contributed by atoms with Crippen LogP contribution in [0.3, 0.4) is 0 Å². The van der Waals surface area contributed by atoms with Gasteiger partial charge in [-0.3, -0.25) is 9.36 Å². The number of nitrogens with zero attached hydrogens (tertiary/aromatic N) is 1. The molecule has 0 bridgehead atoms. The summed E-state index contributed by atoms with van der Waals surface area (Å²) in [5.41, 5.74) is 2.43. The van der Waals surface area contributed by atoms with Crippen molar-refractivity contribution in [1.29, 1.82) is 0 Å². The zero-order chi connectivity index (χ0) is 12.3. The molecule has 1 aromatic carbocycles. The molecule has 1 heterocycles. The molecule has 0 aliphatic carbocycles. The lowest BCUT2D eigenvalue weighted by molar-refractivity contribution is 0.0960. The topological polar surface area (TPSA) is 22.0 Å². The zero-order valence-corrected chi connectivity index (χ0v) is 10.6. The summed E-state index contributed by atoms with van der Waals surface area (Å²) < 4.78 is 1.53. The van der Waals surface area contributed by atoms with Crippen LogP contribution in [0.2, 0.25) is 0 Å². The molecule has 2 nitrogen and oxygen atoms in total. The first-order valence-electron chi connectivity index (χ1n) is 5.17. The maximum atomic E-state index is 12.1. The first-order chi connectivity index (χ1) is 8.26. The van der Waals surface area contributed by atoms with Crippen molar-refractivity contribution in [3.8, 4) is 0 Å². The molecule has 0 unspecified atom stereocenters. The quantitative estimate of drug-likeness (QED) is 0.779. The minimum atomic E-state index is -0.0756. The molecule has 1 aromatic heterocycles. The standard InChI is InChI=1S/C13H11Cl2NO/c14-6-11-8-16(9-12(11)7-15)13(17)10-4-2-1-3-5-10/h1-5,8-9H,6-7H2. The van der Waals surface area contributed by atoms with Crippen molar-refractivity contribution in [2.45, 2.75) is 11.8 Å². The van der Waals surface area contributed by atoms with Crippen LogP contribution in [0.15, 0.2) is 42.7 Å². The minimum absolute atomic E-state index is 0.0756. The fourth-order valence-corrected chi connectivity index (χ4v) is 2.11. The van der Waals surface area contributed by atoms with Crippen LogP contribution in [0.5, 0.6) is 0 Å². The molecule has 0 radical (unpaired) electrons. The van der Waals surface area contributed by atoms with E-state index in [1.165, 1.54) is 4.57 Å². The van der Waals surface area contributed by atoms with Gasteiger partial charge in [-0.25, -0.2) is 0 Å². The number of carbonyl (C=O) groups is 1. The molecule has 0 aliphatic rings. The van der Waals surface area contributed by atoms with Crippen molar-refractivity contribution >= 4 is 29.1 Å². The molecule has 88 valence electrons. The van der Waals surface area contributed by atoms with Crippen molar-refractivity contribution in [3.63, 3.8) is 0 Å². The third kappa shape index (κ3) is 2.54. The van der Waals surface area contributed by atoms with Crippen LogP contribution in [0.25, 0.3) is 0 Å². The molecule has 2 aromatic rings. The Hall–Kier alpha value is -1.25. The van der Waals surface area contributed by atoms with E-state index in [-0.39, 0.29) is 5.91 Å². The molecule has 0 spiro atoms. The number of carbonyl (C=O) groups excluding carboxylic acids is 1. The Bertz CT molecular complexity index is 498. The molecule has 0 amide bonds. The highest BCUT2D eigenvalue weighted by atomic mass is 35.5. The SMILES string of the molecule is O=C(c1ccccc1)n1cc(CCl)c(CCl)c1. The Morgan fingerprint density at radius 1 is 1.00 bits per heavy atom. The third-order valence-electron chi connectivity index (χ3n) is 2.55. The molecule has 0 atom stereocenters. The van der Waals surface area contributed by atoms with Crippen LogP contribution >= 0.6 is 23.2 Å². The summed E-state index contributed by atoms with van der Waals surface area (Å²) in [7, 11) is 0. The van der Waals surface area contributed by atoms with Crippen LogP contribution in [0.1, 0.15) is 21.5 Å². The second-order valence-electron chi connectivity index (χ2n) is 3.65. The Morgan fingerprint density at radius 2 is 1.53 bits per heavy atom. The van der Waals surface area contributed by atoms with Crippen molar-refractivity contribution < 1.29 is 4.79 Å². The normalized spacial score (nSPS) is 10.5. The Morgan fingerprint density at radius 3 is 2.00 bits per heavy atom. The van der Waals surface area contributed by atoms with E-state index < -0.39 is 0 Å². The molecule has 2 rings (SSSR count). The summed E-state index contributed by atoms with van der Waals surface area (Å²) in [5.74, 6) is 0.641. The molecular weight excluding hydrogens is 257 g/mol. The van der Waals surface area contributed by atoms with Crippen LogP contribution < -0.4 is 0 Å². The van der Waals surface area contributed by atoms with E-state index in [2.05, 4.69) is 0 Å². The van der Waals surface area contributed by atoms with E-state index in [1.54, 1.807) is 24.5 Å². The number of halogens is 2. The van der Waals surface area contributed by atoms with Gasteiger partial charge in [-0.2, -0.15) is 0 Å². The average Bonchev–Trinajstić information content (AvgIpc) is 2.82. The Kier molecular flexibility index (Phi) is 3.87. The summed E-state index contributed by atoms with van der Waals surface area (Å²) in [5, 5.41) is 0. The van der Waals surface area contributed by atoms with E-state index in [1.807, 2.05) is 18.2 Å². The highest BCUT2D eigenvalue weighted by Gasteiger charge is 2.11. The molecule has 0 saturated heterocycles. The van der Waals surface area contributed by atoms with Crippen molar-refractivity contribution in [2.75, 3.05) is 0 Å². The molecule has 17 heavy (non-hydrogen) atoms. The average molecular weight is 268 g/mol. The molecule has 0 fully saturated rings. The van der Waals surface area contributed by atoms with Gasteiger partial charge < -0.3 is 0 Å². The molecule has 0 N–H and O–H groups in total. The predicted molar refractivity (Wildman–Crippen MR) is 69.7 cm³/mol. The first kappa shape index (κ1) is 12.2. The lowest BCUT2D eigenvalue weighted by Gasteiger charge is -2.00. The van der Waals surface area contributed by atoms with Gasteiger partial charge in [0.05, 0.1) is 0 Å².